The summed E-state index contributed by atoms with van der Waals surface area (Å²) in [7, 11) is 1.86. The van der Waals surface area contributed by atoms with Crippen molar-refractivity contribution in [2.45, 2.75) is 44.7 Å². The minimum absolute atomic E-state index is 0.0697. The zero-order valence-electron chi connectivity index (χ0n) is 20.2. The average Bonchev–Trinajstić information content (AvgIpc) is 3.33. The van der Waals surface area contributed by atoms with Crippen molar-refractivity contribution in [3.8, 4) is 11.5 Å². The quantitative estimate of drug-likeness (QED) is 0.362. The number of amides is 1. The number of benzene rings is 1. The van der Waals surface area contributed by atoms with Gasteiger partial charge in [0.25, 0.3) is 5.91 Å². The molecule has 7 nitrogen and oxygen atoms in total. The first-order chi connectivity index (χ1) is 17.5. The number of pyridine rings is 1. The van der Waals surface area contributed by atoms with Gasteiger partial charge in [0.2, 0.25) is 0 Å². The third-order valence-electron chi connectivity index (χ3n) is 8.63. The highest BCUT2D eigenvalue weighted by molar-refractivity contribution is 5.99. The minimum atomic E-state index is -0.401. The van der Waals surface area contributed by atoms with E-state index in [9.17, 15) is 4.79 Å². The molecule has 36 heavy (non-hydrogen) atoms. The summed E-state index contributed by atoms with van der Waals surface area (Å²) in [5.41, 5.74) is 4.30. The summed E-state index contributed by atoms with van der Waals surface area (Å²) < 4.78 is 21.7. The topological polar surface area (TPSA) is 60.4 Å². The van der Waals surface area contributed by atoms with E-state index in [1.807, 2.05) is 39.5 Å². The van der Waals surface area contributed by atoms with Gasteiger partial charge in [0.1, 0.15) is 11.3 Å². The molecule has 2 saturated carbocycles. The molecule has 1 saturated heterocycles. The summed E-state index contributed by atoms with van der Waals surface area (Å²) in [5.74, 6) is 1.47. The van der Waals surface area contributed by atoms with Gasteiger partial charge in [-0.15, -0.1) is 0 Å². The number of rotatable bonds is 4. The Kier molecular flexibility index (Phi) is 4.09. The van der Waals surface area contributed by atoms with Gasteiger partial charge in [-0.3, -0.25) is 4.79 Å². The number of imidazole rings is 2. The first kappa shape index (κ1) is 20.5. The van der Waals surface area contributed by atoms with Gasteiger partial charge in [0, 0.05) is 55.7 Å². The molecule has 182 valence electrons. The molecule has 8 heteroatoms. The molecule has 5 heterocycles. The van der Waals surface area contributed by atoms with E-state index in [2.05, 4.69) is 21.7 Å². The second-order valence-electron chi connectivity index (χ2n) is 11.0. The first-order valence-electron chi connectivity index (χ1n) is 13.0. The van der Waals surface area contributed by atoms with Crippen LogP contribution in [0.25, 0.3) is 39.1 Å². The zero-order chi connectivity index (χ0) is 24.1. The fraction of sp³-hybridized carbons (Fsp3) is 0.393. The van der Waals surface area contributed by atoms with Gasteiger partial charge >= 0.3 is 0 Å². The monoisotopic (exact) mass is 482 g/mol. The number of nitrogens with zero attached hydrogens (tertiary/aromatic N) is 6. The van der Waals surface area contributed by atoms with Gasteiger partial charge in [-0.2, -0.15) is 0 Å². The van der Waals surface area contributed by atoms with Gasteiger partial charge in [-0.25, -0.2) is 14.4 Å². The number of aromatic nitrogens is 5. The highest BCUT2D eigenvalue weighted by Crippen LogP contribution is 2.40. The van der Waals surface area contributed by atoms with E-state index in [0.29, 0.717) is 40.3 Å². The van der Waals surface area contributed by atoms with Crippen LogP contribution in [0.5, 0.6) is 0 Å². The predicted octanol–water partition coefficient (Wildman–Crippen LogP) is 5.02. The van der Waals surface area contributed by atoms with Crippen molar-refractivity contribution in [1.82, 2.24) is 28.4 Å². The van der Waals surface area contributed by atoms with Crippen LogP contribution in [0.15, 0.2) is 42.9 Å². The number of fused-ring (bicyclic) bond motifs is 6. The molecular weight excluding hydrogens is 455 g/mol. The third-order valence-corrected chi connectivity index (χ3v) is 8.63. The second kappa shape index (κ2) is 7.18. The number of likely N-dealkylation sites (tertiary alicyclic amines) is 1. The smallest absolute Gasteiger partial charge is 0.254 e. The van der Waals surface area contributed by atoms with Crippen molar-refractivity contribution in [1.29, 1.82) is 0 Å². The normalized spacial score (nSPS) is 21.6. The summed E-state index contributed by atoms with van der Waals surface area (Å²) in [6.07, 6.45) is 11.6. The molecule has 1 aromatic carbocycles. The zero-order valence-corrected chi connectivity index (χ0v) is 20.2. The van der Waals surface area contributed by atoms with E-state index >= 15 is 4.39 Å². The second-order valence-corrected chi connectivity index (χ2v) is 11.0. The molecule has 4 aromatic heterocycles. The van der Waals surface area contributed by atoms with Crippen LogP contribution in [0, 0.1) is 17.7 Å². The summed E-state index contributed by atoms with van der Waals surface area (Å²) in [5, 5.41) is 1.09. The lowest BCUT2D eigenvalue weighted by molar-refractivity contribution is 0.0703. The van der Waals surface area contributed by atoms with Crippen LogP contribution in [0.3, 0.4) is 0 Å². The lowest BCUT2D eigenvalue weighted by Gasteiger charge is -2.27. The number of carbonyl (C=O) groups is 1. The Hall–Kier alpha value is -3.68. The van der Waals surface area contributed by atoms with E-state index in [4.69, 9.17) is 4.98 Å². The Morgan fingerprint density at radius 1 is 1.11 bits per heavy atom. The number of hydrogen-bond acceptors (Lipinski definition) is 3. The Morgan fingerprint density at radius 3 is 2.78 bits per heavy atom. The maximum Gasteiger partial charge on any atom is 0.254 e. The van der Waals surface area contributed by atoms with E-state index in [1.54, 1.807) is 6.07 Å². The van der Waals surface area contributed by atoms with Crippen LogP contribution in [0.4, 0.5) is 4.39 Å². The molecule has 3 aliphatic rings. The van der Waals surface area contributed by atoms with Gasteiger partial charge < -0.3 is 18.4 Å². The number of piperidine rings is 1. The predicted molar refractivity (Wildman–Crippen MR) is 135 cm³/mol. The van der Waals surface area contributed by atoms with Gasteiger partial charge in [-0.05, 0) is 68.2 Å². The molecule has 2 aliphatic carbocycles. The van der Waals surface area contributed by atoms with Crippen molar-refractivity contribution in [2.24, 2.45) is 18.9 Å². The van der Waals surface area contributed by atoms with Crippen LogP contribution in [-0.4, -0.2) is 46.9 Å². The lowest BCUT2D eigenvalue weighted by Crippen LogP contribution is -2.37. The molecule has 0 N–H and O–H groups in total. The van der Waals surface area contributed by atoms with Crippen molar-refractivity contribution in [2.75, 3.05) is 6.54 Å². The van der Waals surface area contributed by atoms with Crippen molar-refractivity contribution in [3.05, 3.63) is 54.2 Å². The molecule has 0 radical (unpaired) electrons. The largest absolute Gasteiger partial charge is 0.335 e. The van der Waals surface area contributed by atoms with Crippen LogP contribution in [-0.2, 0) is 13.6 Å². The Balaban J connectivity index is 1.28. The Bertz CT molecular complexity index is 1710. The fourth-order valence-corrected chi connectivity index (χ4v) is 6.65. The van der Waals surface area contributed by atoms with Crippen LogP contribution < -0.4 is 0 Å². The molecule has 0 spiro atoms. The first-order valence-corrected chi connectivity index (χ1v) is 13.0. The number of halogens is 1. The maximum atomic E-state index is 15.5. The molecule has 5 aromatic rings. The van der Waals surface area contributed by atoms with Crippen LogP contribution in [0.1, 0.15) is 42.5 Å². The van der Waals surface area contributed by atoms with E-state index in [-0.39, 0.29) is 5.91 Å². The Morgan fingerprint density at radius 2 is 2.00 bits per heavy atom. The highest BCUT2D eigenvalue weighted by Gasteiger charge is 2.40. The maximum absolute atomic E-state index is 15.5. The molecule has 0 unspecified atom stereocenters. The standard InChI is InChI=1S/C28H27FN6O/c1-32-25-21(29)11-19(28(36)34-15-17-4-5-20(34)10-17)12-22(25)31-26(32)23-13-18-6-8-33-9-7-30-27(33)24(18)35(23)14-16-2-3-16/h6-9,11-13,16-17,20H,2-5,10,14-15H2,1H3/t17-,20+/m0/s1. The van der Waals surface area contributed by atoms with E-state index < -0.39 is 5.82 Å². The van der Waals surface area contributed by atoms with Crippen molar-refractivity contribution >= 4 is 33.5 Å². The summed E-state index contributed by atoms with van der Waals surface area (Å²) in [6.45, 7) is 1.68. The van der Waals surface area contributed by atoms with Crippen LogP contribution >= 0.6 is 0 Å². The minimum Gasteiger partial charge on any atom is -0.335 e. The number of carbonyl (C=O) groups excluding carboxylic acids is 1. The molecule has 2 atom stereocenters. The fourth-order valence-electron chi connectivity index (χ4n) is 6.65. The average molecular weight is 483 g/mol. The van der Waals surface area contributed by atoms with Crippen LogP contribution in [0.2, 0.25) is 0 Å². The molecule has 3 fully saturated rings. The summed E-state index contributed by atoms with van der Waals surface area (Å²) >= 11 is 0. The SMILES string of the molecule is Cn1c(-c2cc3ccn4ccnc4c3n2CC2CC2)nc2cc(C(=O)N3C[C@H]4CC[C@@H]3C4)cc(F)c21. The molecule has 8 rings (SSSR count). The molecular formula is C28H27FN6O. The third kappa shape index (κ3) is 2.87. The highest BCUT2D eigenvalue weighted by atomic mass is 19.1. The van der Waals surface area contributed by atoms with Crippen molar-refractivity contribution < 1.29 is 9.18 Å². The van der Waals surface area contributed by atoms with Gasteiger partial charge in [0.05, 0.1) is 16.7 Å². The lowest BCUT2D eigenvalue weighted by atomic mass is 10.1. The number of hydrogen-bond donors (Lipinski definition) is 0. The Labute approximate surface area is 207 Å². The van der Waals surface area contributed by atoms with Gasteiger partial charge in [-0.1, -0.05) is 0 Å². The summed E-state index contributed by atoms with van der Waals surface area (Å²) in [6, 6.07) is 7.71. The summed E-state index contributed by atoms with van der Waals surface area (Å²) in [4.78, 5) is 24.8. The molecule has 1 aliphatic heterocycles. The van der Waals surface area contributed by atoms with E-state index in [0.717, 1.165) is 48.2 Å². The van der Waals surface area contributed by atoms with E-state index in [1.165, 1.54) is 25.3 Å². The molecule has 1 amide bonds. The van der Waals surface area contributed by atoms with Crippen molar-refractivity contribution in [3.63, 3.8) is 0 Å². The van der Waals surface area contributed by atoms with Gasteiger partial charge in [0.15, 0.2) is 11.5 Å². The number of aryl methyl sites for hydroxylation is 1. The molecule has 2 bridgehead atoms.